The number of benzene rings is 1. The van der Waals surface area contributed by atoms with E-state index in [4.69, 9.17) is 0 Å². The summed E-state index contributed by atoms with van der Waals surface area (Å²) < 4.78 is 57.5. The number of aromatic nitrogens is 1. The van der Waals surface area contributed by atoms with E-state index in [9.17, 15) is 32.4 Å². The van der Waals surface area contributed by atoms with Gasteiger partial charge in [-0.15, -0.1) is 0 Å². The number of carbonyl (C=O) groups is 2. The van der Waals surface area contributed by atoms with Crippen molar-refractivity contribution in [2.45, 2.75) is 12.6 Å². The summed E-state index contributed by atoms with van der Waals surface area (Å²) in [7, 11) is 0. The fraction of sp³-hybridized carbons (Fsp3) is 0.364. The molecular formula is C22H20F4N4O3. The highest BCUT2D eigenvalue weighted by Crippen LogP contribution is 2.34. The van der Waals surface area contributed by atoms with Crippen molar-refractivity contribution in [1.82, 2.24) is 9.88 Å². The lowest BCUT2D eigenvalue weighted by atomic mass is 10.1. The van der Waals surface area contributed by atoms with E-state index in [2.05, 4.69) is 9.72 Å². The van der Waals surface area contributed by atoms with Crippen LogP contribution < -0.4 is 4.90 Å². The second-order valence-corrected chi connectivity index (χ2v) is 7.22. The van der Waals surface area contributed by atoms with Crippen molar-refractivity contribution < 1.29 is 31.9 Å². The van der Waals surface area contributed by atoms with Gasteiger partial charge in [0, 0.05) is 26.2 Å². The summed E-state index contributed by atoms with van der Waals surface area (Å²) in [6.45, 7) is -0.980. The van der Waals surface area contributed by atoms with Crippen molar-refractivity contribution in [3.63, 3.8) is 0 Å². The molecule has 33 heavy (non-hydrogen) atoms. The van der Waals surface area contributed by atoms with Gasteiger partial charge in [-0.2, -0.15) is 18.4 Å². The molecule has 1 fully saturated rings. The van der Waals surface area contributed by atoms with Gasteiger partial charge in [0.05, 0.1) is 17.5 Å². The molecule has 0 atom stereocenters. The number of alkyl halides is 4. The summed E-state index contributed by atoms with van der Waals surface area (Å²) in [6, 6.07) is 11.7. The van der Waals surface area contributed by atoms with Crippen LogP contribution >= 0.6 is 0 Å². The Bertz CT molecular complexity index is 1050. The van der Waals surface area contributed by atoms with Crippen LogP contribution in [0.4, 0.5) is 23.4 Å². The van der Waals surface area contributed by atoms with Crippen LogP contribution in [0.1, 0.15) is 27.2 Å². The molecule has 2 heterocycles. The Morgan fingerprint density at radius 2 is 1.79 bits per heavy atom. The minimum Gasteiger partial charge on any atom is -0.459 e. The number of pyridine rings is 1. The van der Waals surface area contributed by atoms with Crippen molar-refractivity contribution in [3.05, 3.63) is 58.8 Å². The van der Waals surface area contributed by atoms with Gasteiger partial charge in [-0.05, 0) is 11.6 Å². The highest BCUT2D eigenvalue weighted by atomic mass is 19.4. The predicted molar refractivity (Wildman–Crippen MR) is 109 cm³/mol. The van der Waals surface area contributed by atoms with E-state index in [1.807, 2.05) is 30.3 Å². The van der Waals surface area contributed by atoms with Crippen LogP contribution in [0.5, 0.6) is 0 Å². The Balaban J connectivity index is 1.80. The number of amides is 1. The third-order valence-electron chi connectivity index (χ3n) is 5.05. The van der Waals surface area contributed by atoms with Gasteiger partial charge in [-0.3, -0.25) is 4.79 Å². The lowest BCUT2D eigenvalue weighted by molar-refractivity contribution is -0.141. The van der Waals surface area contributed by atoms with Gasteiger partial charge in [-0.25, -0.2) is 14.2 Å². The second kappa shape index (κ2) is 10.3. The summed E-state index contributed by atoms with van der Waals surface area (Å²) >= 11 is 0. The van der Waals surface area contributed by atoms with E-state index in [1.165, 1.54) is 4.90 Å². The maximum Gasteiger partial charge on any atom is 0.434 e. The highest BCUT2D eigenvalue weighted by Gasteiger charge is 2.40. The van der Waals surface area contributed by atoms with E-state index in [-0.39, 0.29) is 49.9 Å². The normalized spacial score (nSPS) is 14.0. The summed E-state index contributed by atoms with van der Waals surface area (Å²) in [5.41, 5.74) is -1.86. The van der Waals surface area contributed by atoms with Gasteiger partial charge in [0.25, 0.3) is 0 Å². The minimum atomic E-state index is -5.00. The number of hydrogen-bond acceptors (Lipinski definition) is 6. The van der Waals surface area contributed by atoms with Crippen molar-refractivity contribution in [1.29, 1.82) is 5.26 Å². The number of carbonyl (C=O) groups excluding carboxylic acids is 2. The fourth-order valence-corrected chi connectivity index (χ4v) is 3.46. The number of piperazine rings is 1. The highest BCUT2D eigenvalue weighted by molar-refractivity contribution is 5.92. The van der Waals surface area contributed by atoms with E-state index in [1.54, 1.807) is 11.0 Å². The summed E-state index contributed by atoms with van der Waals surface area (Å²) in [5, 5.41) is 9.45. The van der Waals surface area contributed by atoms with E-state index < -0.39 is 36.7 Å². The summed E-state index contributed by atoms with van der Waals surface area (Å²) in [4.78, 5) is 31.2. The number of hydrogen-bond donors (Lipinski definition) is 0. The molecule has 0 unspecified atom stereocenters. The van der Waals surface area contributed by atoms with Crippen LogP contribution in [0.2, 0.25) is 0 Å². The van der Waals surface area contributed by atoms with E-state index in [0.717, 1.165) is 11.6 Å². The molecule has 1 aromatic heterocycles. The first-order chi connectivity index (χ1) is 15.7. The van der Waals surface area contributed by atoms with E-state index in [0.29, 0.717) is 0 Å². The quantitative estimate of drug-likeness (QED) is 0.483. The Labute approximate surface area is 187 Å². The molecule has 1 aliphatic rings. The number of halogens is 4. The third-order valence-corrected chi connectivity index (χ3v) is 5.05. The average molecular weight is 464 g/mol. The van der Waals surface area contributed by atoms with Crippen molar-refractivity contribution >= 4 is 17.7 Å². The Kier molecular flexibility index (Phi) is 7.48. The number of esters is 1. The zero-order valence-corrected chi connectivity index (χ0v) is 17.4. The number of ether oxygens (including phenoxy) is 1. The first kappa shape index (κ1) is 24.0. The molecule has 1 saturated heterocycles. The number of nitriles is 1. The first-order valence-corrected chi connectivity index (χ1v) is 10.1. The Morgan fingerprint density at radius 3 is 2.36 bits per heavy atom. The Morgan fingerprint density at radius 1 is 1.12 bits per heavy atom. The predicted octanol–water partition coefficient (Wildman–Crippen LogP) is 2.99. The zero-order valence-electron chi connectivity index (χ0n) is 17.4. The SMILES string of the molecule is N#Cc1cc(C(=O)OCCF)c(C(F)(F)F)nc1N1CCN(C(=O)Cc2ccccc2)CC1. The molecule has 11 heteroatoms. The molecule has 0 aliphatic carbocycles. The molecule has 3 rings (SSSR count). The van der Waals surface area contributed by atoms with Crippen LogP contribution in [0, 0.1) is 11.3 Å². The molecule has 174 valence electrons. The zero-order chi connectivity index (χ0) is 24.0. The lowest BCUT2D eigenvalue weighted by Gasteiger charge is -2.36. The standard InChI is InChI=1S/C22H20F4N4O3/c23-6-11-33-21(32)17-13-16(14-27)20(28-19(17)22(24,25)26)30-9-7-29(8-10-30)18(31)12-15-4-2-1-3-5-15/h1-5,13H,6-12H2. The average Bonchev–Trinajstić information content (AvgIpc) is 2.81. The molecular weight excluding hydrogens is 444 g/mol. The smallest absolute Gasteiger partial charge is 0.434 e. The number of nitrogens with zero attached hydrogens (tertiary/aromatic N) is 4. The van der Waals surface area contributed by atoms with Crippen LogP contribution in [0.15, 0.2) is 36.4 Å². The van der Waals surface area contributed by atoms with Gasteiger partial charge in [0.2, 0.25) is 5.91 Å². The molecule has 1 aliphatic heterocycles. The lowest BCUT2D eigenvalue weighted by Crippen LogP contribution is -2.49. The molecule has 1 amide bonds. The minimum absolute atomic E-state index is 0.115. The number of anilines is 1. The summed E-state index contributed by atoms with van der Waals surface area (Å²) in [6.07, 6.45) is -4.79. The molecule has 2 aromatic rings. The van der Waals surface area contributed by atoms with Crippen LogP contribution in [-0.2, 0) is 22.1 Å². The van der Waals surface area contributed by atoms with Crippen molar-refractivity contribution in [2.75, 3.05) is 44.4 Å². The molecule has 7 nitrogen and oxygen atoms in total. The van der Waals surface area contributed by atoms with Crippen molar-refractivity contribution in [3.8, 4) is 6.07 Å². The van der Waals surface area contributed by atoms with Gasteiger partial charge >= 0.3 is 12.1 Å². The first-order valence-electron chi connectivity index (χ1n) is 10.1. The van der Waals surface area contributed by atoms with Crippen LogP contribution in [0.25, 0.3) is 0 Å². The topological polar surface area (TPSA) is 86.5 Å². The maximum absolute atomic E-state index is 13.6. The molecule has 0 spiro atoms. The molecule has 1 aromatic carbocycles. The molecule has 0 radical (unpaired) electrons. The van der Waals surface area contributed by atoms with Gasteiger partial charge < -0.3 is 14.5 Å². The van der Waals surface area contributed by atoms with Crippen LogP contribution in [0.3, 0.4) is 0 Å². The third kappa shape index (κ3) is 5.77. The van der Waals surface area contributed by atoms with Gasteiger partial charge in [0.1, 0.15) is 25.2 Å². The largest absolute Gasteiger partial charge is 0.459 e. The van der Waals surface area contributed by atoms with Gasteiger partial charge in [-0.1, -0.05) is 30.3 Å². The second-order valence-electron chi connectivity index (χ2n) is 7.22. The molecule has 0 bridgehead atoms. The van der Waals surface area contributed by atoms with Gasteiger partial charge in [0.15, 0.2) is 5.69 Å². The molecule has 0 N–H and O–H groups in total. The Hall–Kier alpha value is -3.68. The van der Waals surface area contributed by atoms with Crippen LogP contribution in [-0.4, -0.2) is 61.2 Å². The summed E-state index contributed by atoms with van der Waals surface area (Å²) in [5.74, 6) is -1.76. The van der Waals surface area contributed by atoms with Crippen molar-refractivity contribution in [2.24, 2.45) is 0 Å². The monoisotopic (exact) mass is 464 g/mol. The maximum atomic E-state index is 13.6. The molecule has 0 saturated carbocycles. The number of rotatable bonds is 6. The fourth-order valence-electron chi connectivity index (χ4n) is 3.46. The van der Waals surface area contributed by atoms with E-state index >= 15 is 0 Å².